The summed E-state index contributed by atoms with van der Waals surface area (Å²) in [5, 5.41) is 3.16. The van der Waals surface area contributed by atoms with E-state index in [2.05, 4.69) is 20.3 Å². The molecule has 1 N–H and O–H groups in total. The van der Waals surface area contributed by atoms with Crippen molar-refractivity contribution >= 4 is 0 Å². The Labute approximate surface area is 107 Å². The van der Waals surface area contributed by atoms with Crippen molar-refractivity contribution < 1.29 is 4.74 Å². The Kier molecular flexibility index (Phi) is 9.18. The van der Waals surface area contributed by atoms with Gasteiger partial charge in [-0.1, -0.05) is 6.07 Å². The lowest BCUT2D eigenvalue weighted by atomic mass is 10.5. The zero-order valence-electron chi connectivity index (χ0n) is 10.3. The third-order valence-electron chi connectivity index (χ3n) is 1.89. The van der Waals surface area contributed by atoms with Crippen LogP contribution in [0.1, 0.15) is 0 Å². The van der Waals surface area contributed by atoms with Gasteiger partial charge in [0.05, 0.1) is 13.2 Å². The van der Waals surface area contributed by atoms with E-state index in [1.807, 2.05) is 18.2 Å². The second-order valence-electron chi connectivity index (χ2n) is 3.29. The van der Waals surface area contributed by atoms with Crippen molar-refractivity contribution in [1.29, 1.82) is 0 Å². The maximum Gasteiger partial charge on any atom is 0.115 e. The molecule has 0 aromatic carbocycles. The zero-order valence-corrected chi connectivity index (χ0v) is 10.3. The largest absolute Gasteiger partial charge is 0.379 e. The summed E-state index contributed by atoms with van der Waals surface area (Å²) >= 11 is 0. The first-order valence-corrected chi connectivity index (χ1v) is 5.83. The molecule has 18 heavy (non-hydrogen) atoms. The van der Waals surface area contributed by atoms with E-state index in [0.29, 0.717) is 0 Å². The SMILES string of the molecule is C1COCCN1.c1ccncc1.c1cncnc1. The van der Waals surface area contributed by atoms with E-state index in [9.17, 15) is 0 Å². The topological polar surface area (TPSA) is 59.9 Å². The number of pyridine rings is 1. The van der Waals surface area contributed by atoms with Crippen LogP contribution in [0.4, 0.5) is 0 Å². The van der Waals surface area contributed by atoms with Gasteiger partial charge in [-0.25, -0.2) is 9.97 Å². The molecule has 2 aromatic heterocycles. The highest BCUT2D eigenvalue weighted by Gasteiger charge is 1.92. The summed E-state index contributed by atoms with van der Waals surface area (Å²) in [5.41, 5.74) is 0. The summed E-state index contributed by atoms with van der Waals surface area (Å²) in [6.45, 7) is 3.83. The van der Waals surface area contributed by atoms with E-state index in [1.54, 1.807) is 30.9 Å². The minimum absolute atomic E-state index is 0.889. The van der Waals surface area contributed by atoms with Crippen molar-refractivity contribution in [2.24, 2.45) is 0 Å². The molecule has 0 saturated carbocycles. The van der Waals surface area contributed by atoms with Gasteiger partial charge in [-0.2, -0.15) is 0 Å². The van der Waals surface area contributed by atoms with Crippen molar-refractivity contribution in [3.05, 3.63) is 55.4 Å². The first kappa shape index (κ1) is 14.2. The van der Waals surface area contributed by atoms with E-state index < -0.39 is 0 Å². The Hall–Kier alpha value is -1.85. The van der Waals surface area contributed by atoms with Crippen LogP contribution < -0.4 is 5.32 Å². The average Bonchev–Trinajstić information content (AvgIpc) is 2.54. The number of morpholine rings is 1. The fourth-order valence-corrected chi connectivity index (χ4v) is 1.08. The summed E-state index contributed by atoms with van der Waals surface area (Å²) in [6, 6.07) is 7.49. The maximum absolute atomic E-state index is 5.01. The predicted molar refractivity (Wildman–Crippen MR) is 70.0 cm³/mol. The first-order chi connectivity index (χ1) is 9.00. The Morgan fingerprint density at radius 3 is 1.50 bits per heavy atom. The highest BCUT2D eigenvalue weighted by atomic mass is 16.5. The highest BCUT2D eigenvalue weighted by molar-refractivity contribution is 4.88. The Bertz CT molecular complexity index is 257. The van der Waals surface area contributed by atoms with Crippen LogP contribution in [-0.4, -0.2) is 41.3 Å². The molecule has 0 bridgehead atoms. The number of hydrogen-bond donors (Lipinski definition) is 1. The van der Waals surface area contributed by atoms with Gasteiger partial charge in [0.25, 0.3) is 0 Å². The van der Waals surface area contributed by atoms with Gasteiger partial charge in [0.1, 0.15) is 6.33 Å². The standard InChI is InChI=1S/C5H5N.C4H4N2.C4H9NO/c1-2-4-6-5-3-1;1-2-5-4-6-3-1;1-3-6-4-2-5-1/h1-5H;1-4H;5H,1-4H2. The van der Waals surface area contributed by atoms with Gasteiger partial charge < -0.3 is 10.1 Å². The Morgan fingerprint density at radius 2 is 1.33 bits per heavy atom. The van der Waals surface area contributed by atoms with E-state index in [0.717, 1.165) is 26.3 Å². The molecule has 3 rings (SSSR count). The lowest BCUT2D eigenvalue weighted by molar-refractivity contribution is 0.109. The van der Waals surface area contributed by atoms with E-state index in [1.165, 1.54) is 6.33 Å². The summed E-state index contributed by atoms with van der Waals surface area (Å²) in [4.78, 5) is 11.1. The second-order valence-corrected chi connectivity index (χ2v) is 3.29. The molecule has 1 saturated heterocycles. The molecule has 1 aliphatic heterocycles. The lowest BCUT2D eigenvalue weighted by Gasteiger charge is -2.10. The van der Waals surface area contributed by atoms with Crippen LogP contribution in [0.15, 0.2) is 55.4 Å². The zero-order chi connectivity index (χ0) is 12.7. The minimum Gasteiger partial charge on any atom is -0.379 e. The fraction of sp³-hybridized carbons (Fsp3) is 0.308. The second kappa shape index (κ2) is 11.6. The summed E-state index contributed by atoms with van der Waals surface area (Å²) < 4.78 is 5.01. The van der Waals surface area contributed by atoms with Crippen LogP contribution in [0.5, 0.6) is 0 Å². The van der Waals surface area contributed by atoms with Gasteiger partial charge in [0.15, 0.2) is 0 Å². The number of hydrogen-bond acceptors (Lipinski definition) is 5. The van der Waals surface area contributed by atoms with Crippen LogP contribution in [0.2, 0.25) is 0 Å². The Balaban J connectivity index is 0.000000135. The van der Waals surface area contributed by atoms with Crippen molar-refractivity contribution in [2.75, 3.05) is 26.3 Å². The van der Waals surface area contributed by atoms with Crippen LogP contribution in [0.3, 0.4) is 0 Å². The third kappa shape index (κ3) is 9.38. The normalized spacial score (nSPS) is 13.3. The monoisotopic (exact) mass is 246 g/mol. The van der Waals surface area contributed by atoms with Crippen molar-refractivity contribution in [2.45, 2.75) is 0 Å². The van der Waals surface area contributed by atoms with Gasteiger partial charge >= 0.3 is 0 Å². The quantitative estimate of drug-likeness (QED) is 0.756. The minimum atomic E-state index is 0.889. The molecular formula is C13H18N4O. The van der Waals surface area contributed by atoms with Crippen molar-refractivity contribution in [1.82, 2.24) is 20.3 Å². The maximum atomic E-state index is 5.01. The number of rotatable bonds is 0. The van der Waals surface area contributed by atoms with Gasteiger partial charge in [-0.05, 0) is 18.2 Å². The van der Waals surface area contributed by atoms with Crippen LogP contribution in [-0.2, 0) is 4.74 Å². The summed E-state index contributed by atoms with van der Waals surface area (Å²) in [5.74, 6) is 0. The number of nitrogens with one attached hydrogen (secondary N) is 1. The van der Waals surface area contributed by atoms with Crippen molar-refractivity contribution in [3.63, 3.8) is 0 Å². The molecule has 0 radical (unpaired) electrons. The number of aromatic nitrogens is 3. The molecule has 0 amide bonds. The fourth-order valence-electron chi connectivity index (χ4n) is 1.08. The van der Waals surface area contributed by atoms with Crippen LogP contribution >= 0.6 is 0 Å². The lowest BCUT2D eigenvalue weighted by Crippen LogP contribution is -2.30. The van der Waals surface area contributed by atoms with Crippen LogP contribution in [0.25, 0.3) is 0 Å². The van der Waals surface area contributed by atoms with E-state index in [-0.39, 0.29) is 0 Å². The van der Waals surface area contributed by atoms with Gasteiger partial charge in [-0.3, -0.25) is 4.98 Å². The molecule has 0 spiro atoms. The van der Waals surface area contributed by atoms with E-state index in [4.69, 9.17) is 4.74 Å². The highest BCUT2D eigenvalue weighted by Crippen LogP contribution is 1.76. The third-order valence-corrected chi connectivity index (χ3v) is 1.89. The average molecular weight is 246 g/mol. The molecule has 0 atom stereocenters. The number of nitrogens with zero attached hydrogens (tertiary/aromatic N) is 3. The molecule has 1 fully saturated rings. The molecular weight excluding hydrogens is 228 g/mol. The van der Waals surface area contributed by atoms with Gasteiger partial charge in [-0.15, -0.1) is 0 Å². The summed E-state index contributed by atoms with van der Waals surface area (Å²) in [7, 11) is 0. The molecule has 3 heterocycles. The molecule has 96 valence electrons. The Morgan fingerprint density at radius 1 is 0.722 bits per heavy atom. The van der Waals surface area contributed by atoms with Gasteiger partial charge in [0.2, 0.25) is 0 Å². The predicted octanol–water partition coefficient (Wildman–Crippen LogP) is 1.16. The molecule has 2 aromatic rings. The van der Waals surface area contributed by atoms with Crippen molar-refractivity contribution in [3.8, 4) is 0 Å². The number of ether oxygens (including phenoxy) is 1. The molecule has 1 aliphatic rings. The van der Waals surface area contributed by atoms with Crippen LogP contribution in [0, 0.1) is 0 Å². The molecule has 0 aliphatic carbocycles. The molecule has 5 heteroatoms. The first-order valence-electron chi connectivity index (χ1n) is 5.83. The van der Waals surface area contributed by atoms with E-state index >= 15 is 0 Å². The summed E-state index contributed by atoms with van der Waals surface area (Å²) in [6.07, 6.45) is 8.38. The smallest absolute Gasteiger partial charge is 0.115 e. The molecule has 0 unspecified atom stereocenters. The molecule has 5 nitrogen and oxygen atoms in total. The van der Waals surface area contributed by atoms with Gasteiger partial charge in [0, 0.05) is 37.9 Å².